The number of anilines is 1. The molecule has 2 aromatic rings. The van der Waals surface area contributed by atoms with Gasteiger partial charge in [-0.1, -0.05) is 0 Å². The van der Waals surface area contributed by atoms with Gasteiger partial charge in [0.1, 0.15) is 11.1 Å². The van der Waals surface area contributed by atoms with Crippen LogP contribution < -0.4 is 4.90 Å². The van der Waals surface area contributed by atoms with Gasteiger partial charge >= 0.3 is 11.9 Å². The van der Waals surface area contributed by atoms with E-state index in [1.165, 1.54) is 7.11 Å². The van der Waals surface area contributed by atoms with E-state index in [9.17, 15) is 9.59 Å². The summed E-state index contributed by atoms with van der Waals surface area (Å²) in [5.41, 5.74) is 1.58. The number of esters is 2. The van der Waals surface area contributed by atoms with Crippen LogP contribution in [0.2, 0.25) is 0 Å². The lowest BCUT2D eigenvalue weighted by atomic mass is 9.77. The molecule has 1 aromatic heterocycles. The molecule has 0 N–H and O–H groups in total. The lowest BCUT2D eigenvalue weighted by molar-refractivity contribution is -0.169. The minimum atomic E-state index is -0.449. The Morgan fingerprint density at radius 2 is 2.03 bits per heavy atom. The number of ether oxygens (including phenoxy) is 2. The van der Waals surface area contributed by atoms with Gasteiger partial charge in [0.05, 0.1) is 18.1 Å². The Hall–Kier alpha value is -2.57. The number of aryl methyl sites for hydroxylation is 1. The summed E-state index contributed by atoms with van der Waals surface area (Å²) in [5, 5.41) is 5.67. The maximum Gasteiger partial charge on any atom is 0.340 e. The highest BCUT2D eigenvalue weighted by Gasteiger charge is 2.61. The second-order valence-corrected chi connectivity index (χ2v) is 11.1. The lowest BCUT2D eigenvalue weighted by Gasteiger charge is -2.36. The van der Waals surface area contributed by atoms with Gasteiger partial charge < -0.3 is 14.4 Å². The number of fused-ring (bicyclic) bond motifs is 2. The average molecular weight is 454 g/mol. The zero-order valence-corrected chi connectivity index (χ0v) is 20.4. The van der Waals surface area contributed by atoms with Crippen LogP contribution in [0, 0.1) is 23.2 Å². The van der Waals surface area contributed by atoms with E-state index in [0.29, 0.717) is 28.8 Å². The minimum Gasteiger partial charge on any atom is -0.465 e. The van der Waals surface area contributed by atoms with Crippen molar-refractivity contribution >= 4 is 28.5 Å². The van der Waals surface area contributed by atoms with Crippen LogP contribution in [0.15, 0.2) is 18.3 Å². The number of rotatable bonds is 4. The van der Waals surface area contributed by atoms with E-state index in [1.807, 2.05) is 50.7 Å². The van der Waals surface area contributed by atoms with Gasteiger partial charge in [0.25, 0.3) is 0 Å². The van der Waals surface area contributed by atoms with Crippen LogP contribution in [0.5, 0.6) is 0 Å². The van der Waals surface area contributed by atoms with Crippen LogP contribution in [0.25, 0.3) is 10.9 Å². The molecule has 2 saturated carbocycles. The van der Waals surface area contributed by atoms with Crippen molar-refractivity contribution in [3.05, 3.63) is 23.9 Å². The van der Waals surface area contributed by atoms with Gasteiger partial charge in [0, 0.05) is 36.9 Å². The molecule has 3 aliphatic rings. The van der Waals surface area contributed by atoms with Gasteiger partial charge in [-0.15, -0.1) is 0 Å². The number of aromatic nitrogens is 2. The fourth-order valence-electron chi connectivity index (χ4n) is 6.70. The maximum atomic E-state index is 13.3. The Morgan fingerprint density at radius 1 is 1.24 bits per heavy atom. The number of hydrogen-bond donors (Lipinski definition) is 0. The molecule has 0 spiro atoms. The van der Waals surface area contributed by atoms with Crippen molar-refractivity contribution in [3.8, 4) is 0 Å². The van der Waals surface area contributed by atoms with Crippen molar-refractivity contribution in [3.63, 3.8) is 0 Å². The summed E-state index contributed by atoms with van der Waals surface area (Å²) in [6.45, 7) is 10.5. The van der Waals surface area contributed by atoms with E-state index < -0.39 is 5.60 Å². The van der Waals surface area contributed by atoms with Gasteiger partial charge in [-0.3, -0.25) is 9.48 Å². The molecule has 4 atom stereocenters. The molecule has 2 unspecified atom stereocenters. The molecule has 2 heterocycles. The molecular weight excluding hydrogens is 418 g/mol. The molecule has 7 heteroatoms. The van der Waals surface area contributed by atoms with Crippen molar-refractivity contribution in [1.29, 1.82) is 0 Å². The monoisotopic (exact) mass is 453 g/mol. The summed E-state index contributed by atoms with van der Waals surface area (Å²) in [6, 6.07) is 3.89. The van der Waals surface area contributed by atoms with Crippen molar-refractivity contribution in [1.82, 2.24) is 9.78 Å². The lowest BCUT2D eigenvalue weighted by Crippen LogP contribution is -2.41. The summed E-state index contributed by atoms with van der Waals surface area (Å²) < 4.78 is 12.8. The Bertz CT molecular complexity index is 1100. The molecule has 7 nitrogen and oxygen atoms in total. The Labute approximate surface area is 195 Å². The zero-order valence-electron chi connectivity index (χ0n) is 20.4. The average Bonchev–Trinajstić information content (AvgIpc) is 3.41. The van der Waals surface area contributed by atoms with Gasteiger partial charge in [0.15, 0.2) is 0 Å². The topological polar surface area (TPSA) is 73.7 Å². The molecule has 0 amide bonds. The molecule has 2 aliphatic carbocycles. The predicted octanol–water partition coefficient (Wildman–Crippen LogP) is 4.43. The number of carbonyl (C=O) groups is 2. The number of methoxy groups -OCH3 is 1. The first-order chi connectivity index (χ1) is 15.6. The van der Waals surface area contributed by atoms with Crippen molar-refractivity contribution in [2.75, 3.05) is 25.1 Å². The summed E-state index contributed by atoms with van der Waals surface area (Å²) in [7, 11) is 1.40. The van der Waals surface area contributed by atoms with Crippen LogP contribution in [0.3, 0.4) is 0 Å². The van der Waals surface area contributed by atoms with E-state index in [1.54, 1.807) is 0 Å². The van der Waals surface area contributed by atoms with Crippen LogP contribution in [0.1, 0.15) is 63.7 Å². The fraction of sp³-hybridized carbons (Fsp3) is 0.654. The predicted molar refractivity (Wildman–Crippen MR) is 126 cm³/mol. The summed E-state index contributed by atoms with van der Waals surface area (Å²) in [4.78, 5) is 28.1. The molecule has 178 valence electrons. The molecule has 1 aromatic carbocycles. The van der Waals surface area contributed by atoms with E-state index >= 15 is 0 Å². The highest BCUT2D eigenvalue weighted by molar-refractivity contribution is 6.06. The Morgan fingerprint density at radius 3 is 2.73 bits per heavy atom. The first-order valence-corrected chi connectivity index (χ1v) is 12.2. The molecule has 3 fully saturated rings. The SMILES string of the molecule is CCn1cc2c(N3C[C@H]4CC5[C@H](CCC5(C(=O)OC(C)(C)C)C4)C3)ccc(C(=O)OC)c2n1. The normalized spacial score (nSPS) is 28.8. The van der Waals surface area contributed by atoms with Crippen LogP contribution in [-0.2, 0) is 20.8 Å². The van der Waals surface area contributed by atoms with E-state index in [0.717, 1.165) is 56.4 Å². The first kappa shape index (κ1) is 22.2. The van der Waals surface area contributed by atoms with Gasteiger partial charge in [-0.05, 0) is 83.3 Å². The molecule has 1 aliphatic heterocycles. The Balaban J connectivity index is 1.47. The summed E-state index contributed by atoms with van der Waals surface area (Å²) in [5.74, 6) is 0.991. The number of hydrogen-bond acceptors (Lipinski definition) is 6. The van der Waals surface area contributed by atoms with Gasteiger partial charge in [-0.25, -0.2) is 4.79 Å². The third kappa shape index (κ3) is 3.60. The molecule has 1 saturated heterocycles. The highest BCUT2D eigenvalue weighted by atomic mass is 16.6. The molecule has 0 radical (unpaired) electrons. The highest BCUT2D eigenvalue weighted by Crippen LogP contribution is 2.61. The van der Waals surface area contributed by atoms with Crippen molar-refractivity contribution in [2.45, 2.75) is 65.5 Å². The van der Waals surface area contributed by atoms with Crippen molar-refractivity contribution in [2.24, 2.45) is 23.2 Å². The molecule has 33 heavy (non-hydrogen) atoms. The number of carbonyl (C=O) groups excluding carboxylic acids is 2. The standard InChI is InChI=1S/C26H35N3O4/c1-6-29-15-19-21(8-7-18(22(19)27-29)23(30)32-5)28-13-16-11-20-17(14-28)9-10-26(20,12-16)24(31)33-25(2,3)4/h7-8,15-17,20H,6,9-14H2,1-5H3/t16-,17+,20?,26?/m0/s1. The number of nitrogens with zero attached hydrogens (tertiary/aromatic N) is 3. The van der Waals surface area contributed by atoms with Gasteiger partial charge in [-0.2, -0.15) is 5.10 Å². The van der Waals surface area contributed by atoms with Crippen LogP contribution in [-0.4, -0.2) is 47.5 Å². The van der Waals surface area contributed by atoms with Gasteiger partial charge in [0.2, 0.25) is 0 Å². The second kappa shape index (κ2) is 7.74. The largest absolute Gasteiger partial charge is 0.465 e. The quantitative estimate of drug-likeness (QED) is 0.638. The third-order valence-electron chi connectivity index (χ3n) is 7.99. The maximum absolute atomic E-state index is 13.3. The van der Waals surface area contributed by atoms with E-state index in [2.05, 4.69) is 10.00 Å². The minimum absolute atomic E-state index is 0.0208. The first-order valence-electron chi connectivity index (χ1n) is 12.2. The summed E-state index contributed by atoms with van der Waals surface area (Å²) >= 11 is 0. The zero-order chi connectivity index (χ0) is 23.5. The fourth-order valence-corrected chi connectivity index (χ4v) is 6.70. The van der Waals surface area contributed by atoms with E-state index in [-0.39, 0.29) is 17.4 Å². The second-order valence-electron chi connectivity index (χ2n) is 11.1. The van der Waals surface area contributed by atoms with Crippen LogP contribution in [0.4, 0.5) is 5.69 Å². The molecule has 5 rings (SSSR count). The molecule has 2 bridgehead atoms. The smallest absolute Gasteiger partial charge is 0.340 e. The third-order valence-corrected chi connectivity index (χ3v) is 7.99. The van der Waals surface area contributed by atoms with Crippen molar-refractivity contribution < 1.29 is 19.1 Å². The molecular formula is C26H35N3O4. The Kier molecular flexibility index (Phi) is 5.22. The van der Waals surface area contributed by atoms with Crippen LogP contribution >= 0.6 is 0 Å². The summed E-state index contributed by atoms with van der Waals surface area (Å²) in [6.07, 6.45) is 6.05. The van der Waals surface area contributed by atoms with E-state index in [4.69, 9.17) is 9.47 Å². The number of benzene rings is 1.